The summed E-state index contributed by atoms with van der Waals surface area (Å²) in [4.78, 5) is 19.9. The van der Waals surface area contributed by atoms with Crippen LogP contribution in [-0.2, 0) is 9.47 Å². The fraction of sp³-hybridized carbons (Fsp3) is 0.370. The molecule has 8 nitrogen and oxygen atoms in total. The Bertz CT molecular complexity index is 1360. The van der Waals surface area contributed by atoms with Gasteiger partial charge in [-0.3, -0.25) is 4.79 Å². The van der Waals surface area contributed by atoms with Crippen molar-refractivity contribution in [3.8, 4) is 17.1 Å². The van der Waals surface area contributed by atoms with Gasteiger partial charge in [0.1, 0.15) is 5.52 Å². The normalized spacial score (nSPS) is 16.5. The van der Waals surface area contributed by atoms with Crippen LogP contribution in [0.3, 0.4) is 0 Å². The third kappa shape index (κ3) is 4.47. The Balaban J connectivity index is 1.36. The van der Waals surface area contributed by atoms with Crippen molar-refractivity contribution in [1.29, 1.82) is 0 Å². The third-order valence-corrected chi connectivity index (χ3v) is 6.70. The van der Waals surface area contributed by atoms with Crippen LogP contribution in [0.15, 0.2) is 53.1 Å². The predicted octanol–water partition coefficient (Wildman–Crippen LogP) is 4.43. The molecule has 2 fully saturated rings. The van der Waals surface area contributed by atoms with Crippen LogP contribution in [0.1, 0.15) is 29.0 Å². The van der Waals surface area contributed by atoms with Crippen LogP contribution in [0.2, 0.25) is 0 Å². The van der Waals surface area contributed by atoms with Crippen LogP contribution in [0, 0.1) is 12.8 Å². The van der Waals surface area contributed by atoms with Crippen LogP contribution < -0.4 is 4.90 Å². The molecular formula is C27H28N4O4. The van der Waals surface area contributed by atoms with Gasteiger partial charge in [-0.25, -0.2) is 9.67 Å². The molecule has 180 valence electrons. The van der Waals surface area contributed by atoms with Crippen molar-refractivity contribution in [2.24, 2.45) is 5.92 Å². The Morgan fingerprint density at radius 3 is 2.71 bits per heavy atom. The van der Waals surface area contributed by atoms with E-state index in [0.29, 0.717) is 48.2 Å². The number of aromatic nitrogens is 3. The molecule has 5 heterocycles. The summed E-state index contributed by atoms with van der Waals surface area (Å²) in [6.07, 6.45) is 3.19. The summed E-state index contributed by atoms with van der Waals surface area (Å²) in [7, 11) is 0. The fourth-order valence-electron chi connectivity index (χ4n) is 4.60. The van der Waals surface area contributed by atoms with Gasteiger partial charge in [-0.2, -0.15) is 5.10 Å². The maximum Gasteiger partial charge on any atom is 0.198 e. The van der Waals surface area contributed by atoms with Crippen LogP contribution in [0.25, 0.3) is 28.2 Å². The quantitative estimate of drug-likeness (QED) is 0.368. The van der Waals surface area contributed by atoms with Crippen molar-refractivity contribution in [3.05, 3.63) is 60.0 Å². The lowest BCUT2D eigenvalue weighted by Crippen LogP contribution is -2.36. The minimum Gasteiger partial charge on any atom is -0.449 e. The Labute approximate surface area is 203 Å². The first-order valence-corrected chi connectivity index (χ1v) is 12.2. The summed E-state index contributed by atoms with van der Waals surface area (Å²) >= 11 is 0. The van der Waals surface area contributed by atoms with E-state index < -0.39 is 0 Å². The van der Waals surface area contributed by atoms with Gasteiger partial charge in [0.2, 0.25) is 0 Å². The molecule has 2 aliphatic heterocycles. The lowest BCUT2D eigenvalue weighted by molar-refractivity contribution is -0.0354. The van der Waals surface area contributed by atoms with Gasteiger partial charge >= 0.3 is 0 Å². The Hall–Kier alpha value is -3.49. The summed E-state index contributed by atoms with van der Waals surface area (Å²) in [5.41, 5.74) is 5.33. The van der Waals surface area contributed by atoms with Crippen molar-refractivity contribution >= 4 is 22.6 Å². The number of furan rings is 1. The second-order valence-corrected chi connectivity index (χ2v) is 9.30. The topological polar surface area (TPSA) is 82.6 Å². The van der Waals surface area contributed by atoms with E-state index in [2.05, 4.69) is 30.0 Å². The molecule has 0 bridgehead atoms. The Morgan fingerprint density at radius 2 is 1.94 bits per heavy atom. The lowest BCUT2D eigenvalue weighted by atomic mass is 9.99. The summed E-state index contributed by atoms with van der Waals surface area (Å²) in [6, 6.07) is 14.0. The second-order valence-electron chi connectivity index (χ2n) is 9.30. The van der Waals surface area contributed by atoms with Crippen LogP contribution >= 0.6 is 0 Å². The molecule has 0 radical (unpaired) electrons. The third-order valence-electron chi connectivity index (χ3n) is 6.70. The molecule has 2 saturated heterocycles. The van der Waals surface area contributed by atoms with Gasteiger partial charge in [0.05, 0.1) is 37.8 Å². The highest BCUT2D eigenvalue weighted by molar-refractivity contribution is 5.99. The number of carbonyl (C=O) groups excluding carboxylic acids is 1. The first kappa shape index (κ1) is 22.0. The maximum absolute atomic E-state index is 12.9. The van der Waals surface area contributed by atoms with E-state index in [1.807, 2.05) is 24.4 Å². The molecule has 0 amide bonds. The number of ether oxygens (including phenoxy) is 2. The van der Waals surface area contributed by atoms with Gasteiger partial charge in [0.15, 0.2) is 22.9 Å². The van der Waals surface area contributed by atoms with E-state index in [0.717, 1.165) is 49.7 Å². The maximum atomic E-state index is 12.9. The summed E-state index contributed by atoms with van der Waals surface area (Å²) in [5, 5.41) is 4.79. The highest BCUT2D eigenvalue weighted by Gasteiger charge is 2.24. The standard InChI is InChI=1S/C27H28N4O4/c1-18-3-2-4-20(13-18)21-7-8-31(29-21)26-15-23(30-9-11-33-12-10-30)27-22(28-26)14-25(35-27)24(32)6-5-19-16-34-17-19/h2-4,7-8,13-15,19H,5-6,9-12,16-17H2,1H3. The zero-order valence-corrected chi connectivity index (χ0v) is 19.8. The number of carbonyl (C=O) groups is 1. The number of Topliss-reactive ketones (excluding diaryl/α,β-unsaturated/α-hetero) is 1. The molecule has 0 spiro atoms. The number of nitrogens with zero attached hydrogens (tertiary/aromatic N) is 4. The number of hydrogen-bond donors (Lipinski definition) is 0. The molecule has 0 aliphatic carbocycles. The van der Waals surface area contributed by atoms with Crippen LogP contribution in [0.5, 0.6) is 0 Å². The Morgan fingerprint density at radius 1 is 1.09 bits per heavy atom. The number of morpholine rings is 1. The molecule has 35 heavy (non-hydrogen) atoms. The largest absolute Gasteiger partial charge is 0.449 e. The predicted molar refractivity (Wildman–Crippen MR) is 132 cm³/mol. The van der Waals surface area contributed by atoms with Gasteiger partial charge in [0.25, 0.3) is 0 Å². The van der Waals surface area contributed by atoms with Crippen LogP contribution in [-0.4, -0.2) is 60.1 Å². The van der Waals surface area contributed by atoms with E-state index in [9.17, 15) is 4.79 Å². The van der Waals surface area contributed by atoms with Crippen molar-refractivity contribution in [3.63, 3.8) is 0 Å². The summed E-state index contributed by atoms with van der Waals surface area (Å²) in [5.74, 6) is 1.52. The lowest BCUT2D eigenvalue weighted by Gasteiger charge is -2.28. The average molecular weight is 473 g/mol. The van der Waals surface area contributed by atoms with Crippen molar-refractivity contribution in [1.82, 2.24) is 14.8 Å². The van der Waals surface area contributed by atoms with Crippen LogP contribution in [0.4, 0.5) is 5.69 Å². The summed E-state index contributed by atoms with van der Waals surface area (Å²) < 4.78 is 18.7. The first-order chi connectivity index (χ1) is 17.1. The number of hydrogen-bond acceptors (Lipinski definition) is 7. The molecule has 0 unspecified atom stereocenters. The van der Waals surface area contributed by atoms with E-state index in [1.54, 1.807) is 10.7 Å². The molecular weight excluding hydrogens is 444 g/mol. The molecule has 0 saturated carbocycles. The average Bonchev–Trinajstić information content (AvgIpc) is 3.51. The number of fused-ring (bicyclic) bond motifs is 1. The highest BCUT2D eigenvalue weighted by Crippen LogP contribution is 2.32. The van der Waals surface area contributed by atoms with Crippen molar-refractivity contribution in [2.75, 3.05) is 44.4 Å². The van der Waals surface area contributed by atoms with Gasteiger partial charge in [-0.05, 0) is 25.5 Å². The first-order valence-electron chi connectivity index (χ1n) is 12.2. The SMILES string of the molecule is Cc1cccc(-c2ccn(-c3cc(N4CCOCC4)c4oc(C(=O)CCC5COC5)cc4n3)n2)c1. The molecule has 6 rings (SSSR count). The van der Waals surface area contributed by atoms with Gasteiger partial charge in [0, 0.05) is 49.3 Å². The fourth-order valence-corrected chi connectivity index (χ4v) is 4.60. The minimum atomic E-state index is 0.00482. The zero-order chi connectivity index (χ0) is 23.8. The zero-order valence-electron chi connectivity index (χ0n) is 19.8. The number of aryl methyl sites for hydroxylation is 1. The van der Waals surface area contributed by atoms with Gasteiger partial charge in [-0.1, -0.05) is 23.8 Å². The number of pyridine rings is 1. The van der Waals surface area contributed by atoms with E-state index in [-0.39, 0.29) is 5.78 Å². The number of ketones is 1. The minimum absolute atomic E-state index is 0.00482. The van der Waals surface area contributed by atoms with Crippen molar-refractivity contribution < 1.29 is 18.7 Å². The highest BCUT2D eigenvalue weighted by atomic mass is 16.5. The molecule has 0 atom stereocenters. The monoisotopic (exact) mass is 472 g/mol. The number of benzene rings is 1. The van der Waals surface area contributed by atoms with Crippen molar-refractivity contribution in [2.45, 2.75) is 19.8 Å². The molecule has 4 aromatic rings. The van der Waals surface area contributed by atoms with E-state index in [4.69, 9.17) is 24.0 Å². The number of rotatable bonds is 7. The Kier molecular flexibility index (Phi) is 5.83. The van der Waals surface area contributed by atoms with E-state index in [1.165, 1.54) is 5.56 Å². The molecule has 3 aromatic heterocycles. The molecule has 8 heteroatoms. The molecule has 1 aromatic carbocycles. The smallest absolute Gasteiger partial charge is 0.198 e. The number of anilines is 1. The van der Waals surface area contributed by atoms with E-state index >= 15 is 0 Å². The molecule has 0 N–H and O–H groups in total. The second kappa shape index (κ2) is 9.28. The van der Waals surface area contributed by atoms with Gasteiger partial charge < -0.3 is 18.8 Å². The summed E-state index contributed by atoms with van der Waals surface area (Å²) in [6.45, 7) is 6.35. The van der Waals surface area contributed by atoms with Gasteiger partial charge in [-0.15, -0.1) is 0 Å². The molecule has 2 aliphatic rings.